The van der Waals surface area contributed by atoms with E-state index in [1.54, 1.807) is 19.6 Å². The summed E-state index contributed by atoms with van der Waals surface area (Å²) < 4.78 is 5.34. The van der Waals surface area contributed by atoms with Crippen LogP contribution in [0, 0.1) is 0 Å². The number of fused-ring (bicyclic) bond motifs is 1. The van der Waals surface area contributed by atoms with Gasteiger partial charge in [0.15, 0.2) is 0 Å². The lowest BCUT2D eigenvalue weighted by Crippen LogP contribution is -2.28. The summed E-state index contributed by atoms with van der Waals surface area (Å²) in [6.45, 7) is 8.38. The topological polar surface area (TPSA) is 54.3 Å². The predicted molar refractivity (Wildman–Crippen MR) is 114 cm³/mol. The van der Waals surface area contributed by atoms with Gasteiger partial charge < -0.3 is 15.1 Å². The highest BCUT2D eigenvalue weighted by molar-refractivity contribution is 6.03. The number of hydrogen-bond donors (Lipinski definition) is 2. The number of anilines is 1. The van der Waals surface area contributed by atoms with Crippen molar-refractivity contribution >= 4 is 17.2 Å². The van der Waals surface area contributed by atoms with E-state index in [1.807, 2.05) is 56.3 Å². The maximum absolute atomic E-state index is 12.4. The van der Waals surface area contributed by atoms with Crippen molar-refractivity contribution < 1.29 is 9.21 Å². The predicted octanol–water partition coefficient (Wildman–Crippen LogP) is 5.63. The highest BCUT2D eigenvalue weighted by atomic mass is 16.3. The first-order valence-corrected chi connectivity index (χ1v) is 9.58. The van der Waals surface area contributed by atoms with Gasteiger partial charge in [0.25, 0.3) is 5.91 Å². The van der Waals surface area contributed by atoms with Gasteiger partial charge in [0.1, 0.15) is 0 Å². The number of nitrogens with one attached hydrogen (secondary N) is 2. The fourth-order valence-corrected chi connectivity index (χ4v) is 3.73. The first-order valence-electron chi connectivity index (χ1n) is 9.58. The zero-order valence-electron chi connectivity index (χ0n) is 16.5. The van der Waals surface area contributed by atoms with Crippen molar-refractivity contribution in [2.45, 2.75) is 25.8 Å². The average Bonchev–Trinajstić information content (AvgIpc) is 3.29. The molecule has 0 aliphatic carbocycles. The number of hydrogen-bond acceptors (Lipinski definition) is 3. The van der Waals surface area contributed by atoms with E-state index >= 15 is 0 Å². The van der Waals surface area contributed by atoms with E-state index in [-0.39, 0.29) is 17.9 Å². The first kappa shape index (κ1) is 19.5. The molecule has 1 aliphatic rings. The van der Waals surface area contributed by atoms with Crippen LogP contribution in [-0.2, 0) is 0 Å². The molecule has 0 radical (unpaired) electrons. The van der Waals surface area contributed by atoms with Gasteiger partial charge in [-0.1, -0.05) is 56.8 Å². The van der Waals surface area contributed by atoms with Crippen LogP contribution in [0.15, 0.2) is 78.1 Å². The van der Waals surface area contributed by atoms with Crippen molar-refractivity contribution in [2.24, 2.45) is 0 Å². The van der Waals surface area contributed by atoms with Gasteiger partial charge in [-0.2, -0.15) is 0 Å². The van der Waals surface area contributed by atoms with Crippen molar-refractivity contribution in [3.05, 3.63) is 96.0 Å². The number of furan rings is 1. The van der Waals surface area contributed by atoms with Gasteiger partial charge in [-0.15, -0.1) is 0 Å². The van der Waals surface area contributed by atoms with E-state index in [2.05, 4.69) is 29.3 Å². The average molecular weight is 374 g/mol. The van der Waals surface area contributed by atoms with Crippen LogP contribution in [-0.4, -0.2) is 13.0 Å². The molecule has 28 heavy (non-hydrogen) atoms. The number of benzene rings is 2. The third-order valence-electron chi connectivity index (χ3n) is 4.94. The summed E-state index contributed by atoms with van der Waals surface area (Å²) in [6, 6.07) is 18.0. The van der Waals surface area contributed by atoms with E-state index in [9.17, 15) is 4.79 Å². The highest BCUT2D eigenvalue weighted by Gasteiger charge is 2.35. The molecule has 0 bridgehead atoms. The minimum atomic E-state index is -0.117. The second-order valence-electron chi connectivity index (χ2n) is 6.40. The minimum absolute atomic E-state index is 0.00809. The fraction of sp³-hybridized carbons (Fsp3) is 0.208. The van der Waals surface area contributed by atoms with Crippen LogP contribution in [0.2, 0.25) is 0 Å². The Labute approximate surface area is 166 Å². The summed E-state index contributed by atoms with van der Waals surface area (Å²) in [7, 11) is 1.64. The quantitative estimate of drug-likeness (QED) is 0.625. The van der Waals surface area contributed by atoms with E-state index < -0.39 is 0 Å². The molecule has 2 heterocycles. The molecule has 144 valence electrons. The van der Waals surface area contributed by atoms with Crippen LogP contribution in [0.3, 0.4) is 0 Å². The van der Waals surface area contributed by atoms with Gasteiger partial charge in [-0.3, -0.25) is 4.79 Å². The van der Waals surface area contributed by atoms with Gasteiger partial charge in [-0.05, 0) is 29.3 Å². The van der Waals surface area contributed by atoms with E-state index in [1.165, 1.54) is 0 Å². The summed E-state index contributed by atoms with van der Waals surface area (Å²) in [6.07, 6.45) is 3.42. The molecule has 0 saturated heterocycles. The summed E-state index contributed by atoms with van der Waals surface area (Å²) >= 11 is 0. The molecule has 2 unspecified atom stereocenters. The maximum atomic E-state index is 12.4. The molecule has 4 heteroatoms. The summed E-state index contributed by atoms with van der Waals surface area (Å²) in [5.41, 5.74) is 5.52. The summed E-state index contributed by atoms with van der Waals surface area (Å²) in [5.74, 6) is -0.150. The Morgan fingerprint density at radius 3 is 2.43 bits per heavy atom. The van der Waals surface area contributed by atoms with E-state index in [0.717, 1.165) is 28.0 Å². The van der Waals surface area contributed by atoms with Crippen LogP contribution in [0.1, 0.15) is 52.9 Å². The molecule has 2 atom stereocenters. The molecule has 1 amide bonds. The van der Waals surface area contributed by atoms with Crippen molar-refractivity contribution in [3.63, 3.8) is 0 Å². The molecule has 1 aromatic heterocycles. The van der Waals surface area contributed by atoms with Crippen molar-refractivity contribution in [2.75, 3.05) is 12.4 Å². The molecule has 4 nitrogen and oxygen atoms in total. The zero-order valence-corrected chi connectivity index (χ0v) is 16.5. The molecule has 2 aromatic carbocycles. The SMILES string of the molecule is C=C1c2c(cccc2C(=O)NC)NC(c2ccccc2)C1c1ccoc1.CC. The van der Waals surface area contributed by atoms with Gasteiger partial charge in [0, 0.05) is 35.3 Å². The van der Waals surface area contributed by atoms with Crippen LogP contribution >= 0.6 is 0 Å². The van der Waals surface area contributed by atoms with E-state index in [4.69, 9.17) is 4.42 Å². The maximum Gasteiger partial charge on any atom is 0.251 e. The Kier molecular flexibility index (Phi) is 5.99. The third-order valence-corrected chi connectivity index (χ3v) is 4.94. The normalized spacial score (nSPS) is 17.6. The Hall–Kier alpha value is -3.27. The number of amides is 1. The molecule has 0 fully saturated rings. The number of carbonyl (C=O) groups is 1. The van der Waals surface area contributed by atoms with Crippen LogP contribution in [0.5, 0.6) is 0 Å². The fourth-order valence-electron chi connectivity index (χ4n) is 3.73. The van der Waals surface area contributed by atoms with E-state index in [0.29, 0.717) is 5.56 Å². The largest absolute Gasteiger partial charge is 0.472 e. The highest BCUT2D eigenvalue weighted by Crippen LogP contribution is 2.49. The number of rotatable bonds is 3. The van der Waals surface area contributed by atoms with Gasteiger partial charge in [-0.25, -0.2) is 0 Å². The molecule has 0 saturated carbocycles. The molecule has 3 aromatic rings. The van der Waals surface area contributed by atoms with Crippen LogP contribution in [0.25, 0.3) is 5.57 Å². The Morgan fingerprint density at radius 1 is 1.04 bits per heavy atom. The molecule has 4 rings (SSSR count). The summed E-state index contributed by atoms with van der Waals surface area (Å²) in [4.78, 5) is 12.4. The van der Waals surface area contributed by atoms with Gasteiger partial charge >= 0.3 is 0 Å². The lowest BCUT2D eigenvalue weighted by Gasteiger charge is -2.37. The lowest BCUT2D eigenvalue weighted by atomic mass is 9.76. The van der Waals surface area contributed by atoms with Gasteiger partial charge in [0.05, 0.1) is 18.6 Å². The Bertz CT molecular complexity index is 946. The molecular formula is C24H26N2O2. The Morgan fingerprint density at radius 2 is 1.79 bits per heavy atom. The summed E-state index contributed by atoms with van der Waals surface area (Å²) in [5, 5.41) is 6.34. The smallest absolute Gasteiger partial charge is 0.251 e. The van der Waals surface area contributed by atoms with Crippen LogP contribution in [0.4, 0.5) is 5.69 Å². The van der Waals surface area contributed by atoms with Crippen molar-refractivity contribution in [1.82, 2.24) is 5.32 Å². The van der Waals surface area contributed by atoms with Crippen molar-refractivity contribution in [1.29, 1.82) is 0 Å². The number of carbonyl (C=O) groups excluding carboxylic acids is 1. The first-order chi connectivity index (χ1) is 13.7. The van der Waals surface area contributed by atoms with Crippen LogP contribution < -0.4 is 10.6 Å². The Balaban J connectivity index is 0.00000109. The van der Waals surface area contributed by atoms with Gasteiger partial charge in [0.2, 0.25) is 0 Å². The molecule has 0 spiro atoms. The zero-order chi connectivity index (χ0) is 20.1. The monoisotopic (exact) mass is 374 g/mol. The standard InChI is InChI=1S/C22H20N2O2.C2H6/c1-14-19(16-11-12-26-13-16)21(15-7-4-3-5-8-15)24-18-10-6-9-17(20(14)18)22(25)23-2;1-2/h3-13,19,21,24H,1H2,2H3,(H,23,25);1-2H3. The second-order valence-corrected chi connectivity index (χ2v) is 6.40. The molecular weight excluding hydrogens is 348 g/mol. The van der Waals surface area contributed by atoms with Crippen molar-refractivity contribution in [3.8, 4) is 0 Å². The second kappa shape index (κ2) is 8.61. The molecule has 1 aliphatic heterocycles. The molecule has 2 N–H and O–H groups in total. The third kappa shape index (κ3) is 3.46. The minimum Gasteiger partial charge on any atom is -0.472 e. The lowest BCUT2D eigenvalue weighted by molar-refractivity contribution is 0.0963.